The summed E-state index contributed by atoms with van der Waals surface area (Å²) in [5, 5.41) is 0. The van der Waals surface area contributed by atoms with Crippen LogP contribution in [-0.4, -0.2) is 29.9 Å². The molecule has 1 heterocycles. The molecular weight excluding hydrogens is 212 g/mol. The molecule has 0 spiro atoms. The highest BCUT2D eigenvalue weighted by Crippen LogP contribution is 2.31. The molecule has 0 aromatic heterocycles. The number of nitrogens with zero attached hydrogens (tertiary/aromatic N) is 1. The van der Waals surface area contributed by atoms with Crippen LogP contribution in [0.5, 0.6) is 0 Å². The molecule has 0 radical (unpaired) electrons. The summed E-state index contributed by atoms with van der Waals surface area (Å²) in [5.74, 6) is 1.85. The Balaban J connectivity index is 1.79. The lowest BCUT2D eigenvalue weighted by Crippen LogP contribution is -2.50. The summed E-state index contributed by atoms with van der Waals surface area (Å²) in [4.78, 5) is 13.9. The molecule has 1 saturated heterocycles. The Morgan fingerprint density at radius 3 is 2.47 bits per heavy atom. The number of carbonyl (C=O) groups is 1. The van der Waals surface area contributed by atoms with Gasteiger partial charge in [-0.25, -0.2) is 0 Å². The molecule has 98 valence electrons. The Morgan fingerprint density at radius 2 is 1.82 bits per heavy atom. The summed E-state index contributed by atoms with van der Waals surface area (Å²) in [6.07, 6.45) is 8.59. The van der Waals surface area contributed by atoms with E-state index >= 15 is 0 Å². The van der Waals surface area contributed by atoms with Gasteiger partial charge in [0.05, 0.1) is 6.04 Å². The molecule has 1 aliphatic carbocycles. The molecular formula is C14H26N2O. The van der Waals surface area contributed by atoms with Crippen LogP contribution in [0.25, 0.3) is 0 Å². The topological polar surface area (TPSA) is 46.3 Å². The van der Waals surface area contributed by atoms with Crippen LogP contribution >= 0.6 is 0 Å². The number of likely N-dealkylation sites (tertiary alicyclic amines) is 1. The normalized spacial score (nSPS) is 35.1. The first kappa shape index (κ1) is 12.9. The van der Waals surface area contributed by atoms with Crippen molar-refractivity contribution in [3.63, 3.8) is 0 Å². The molecule has 1 amide bonds. The van der Waals surface area contributed by atoms with Crippen molar-refractivity contribution in [2.24, 2.45) is 17.6 Å². The van der Waals surface area contributed by atoms with Gasteiger partial charge in [0.25, 0.3) is 0 Å². The van der Waals surface area contributed by atoms with E-state index in [0.717, 1.165) is 37.8 Å². The molecule has 0 aromatic carbocycles. The first-order valence-electron chi connectivity index (χ1n) is 7.25. The lowest BCUT2D eigenvalue weighted by molar-refractivity contribution is -0.135. The van der Waals surface area contributed by atoms with Crippen molar-refractivity contribution >= 4 is 5.91 Å². The van der Waals surface area contributed by atoms with Gasteiger partial charge in [0.2, 0.25) is 5.91 Å². The van der Waals surface area contributed by atoms with E-state index in [1.165, 1.54) is 32.1 Å². The molecule has 2 N–H and O–H groups in total. The number of hydrogen-bond donors (Lipinski definition) is 1. The number of amides is 1. The lowest BCUT2D eigenvalue weighted by Gasteiger charge is -2.36. The zero-order valence-corrected chi connectivity index (χ0v) is 11.0. The Kier molecular flexibility index (Phi) is 4.43. The van der Waals surface area contributed by atoms with Gasteiger partial charge in [0, 0.05) is 13.1 Å². The third kappa shape index (κ3) is 3.21. The van der Waals surface area contributed by atoms with Gasteiger partial charge in [-0.2, -0.15) is 0 Å². The Hall–Kier alpha value is -0.570. The van der Waals surface area contributed by atoms with Crippen molar-refractivity contribution in [1.82, 2.24) is 4.90 Å². The van der Waals surface area contributed by atoms with Gasteiger partial charge in [0.15, 0.2) is 0 Å². The molecule has 3 heteroatoms. The van der Waals surface area contributed by atoms with Crippen LogP contribution in [0.1, 0.15) is 51.9 Å². The second-order valence-electron chi connectivity index (χ2n) is 5.83. The van der Waals surface area contributed by atoms with Crippen LogP contribution in [0.3, 0.4) is 0 Å². The SMILES string of the molecule is CCC1CCC(CN2CCCC(N)C2=O)CC1. The summed E-state index contributed by atoms with van der Waals surface area (Å²) in [7, 11) is 0. The van der Waals surface area contributed by atoms with Crippen molar-refractivity contribution in [3.05, 3.63) is 0 Å². The maximum absolute atomic E-state index is 11.9. The second-order valence-corrected chi connectivity index (χ2v) is 5.83. The minimum atomic E-state index is -0.226. The molecule has 17 heavy (non-hydrogen) atoms. The standard InChI is InChI=1S/C14H26N2O/c1-2-11-5-7-12(8-6-11)10-16-9-3-4-13(15)14(16)17/h11-13H,2-10,15H2,1H3. The average Bonchev–Trinajstić information content (AvgIpc) is 2.36. The summed E-state index contributed by atoms with van der Waals surface area (Å²) >= 11 is 0. The first-order chi connectivity index (χ1) is 8.20. The summed E-state index contributed by atoms with van der Waals surface area (Å²) in [6.45, 7) is 4.18. The molecule has 0 bridgehead atoms. The highest BCUT2D eigenvalue weighted by molar-refractivity contribution is 5.82. The number of carbonyl (C=O) groups excluding carboxylic acids is 1. The minimum absolute atomic E-state index is 0.189. The minimum Gasteiger partial charge on any atom is -0.341 e. The predicted octanol–water partition coefficient (Wildman–Crippen LogP) is 2.15. The second kappa shape index (κ2) is 5.85. The highest BCUT2D eigenvalue weighted by Gasteiger charge is 2.29. The van der Waals surface area contributed by atoms with Crippen LogP contribution in [0.15, 0.2) is 0 Å². The predicted molar refractivity (Wildman–Crippen MR) is 69.5 cm³/mol. The Bertz CT molecular complexity index is 259. The van der Waals surface area contributed by atoms with E-state index in [0.29, 0.717) is 0 Å². The van der Waals surface area contributed by atoms with Gasteiger partial charge < -0.3 is 10.6 Å². The van der Waals surface area contributed by atoms with Gasteiger partial charge in [-0.1, -0.05) is 26.2 Å². The van der Waals surface area contributed by atoms with E-state index < -0.39 is 0 Å². The zero-order chi connectivity index (χ0) is 12.3. The zero-order valence-electron chi connectivity index (χ0n) is 11.0. The smallest absolute Gasteiger partial charge is 0.239 e. The highest BCUT2D eigenvalue weighted by atomic mass is 16.2. The molecule has 1 unspecified atom stereocenters. The van der Waals surface area contributed by atoms with Gasteiger partial charge >= 0.3 is 0 Å². The Labute approximate surface area is 105 Å². The van der Waals surface area contributed by atoms with E-state index in [-0.39, 0.29) is 11.9 Å². The van der Waals surface area contributed by atoms with E-state index in [2.05, 4.69) is 6.92 Å². The van der Waals surface area contributed by atoms with Crippen LogP contribution < -0.4 is 5.73 Å². The maximum Gasteiger partial charge on any atom is 0.239 e. The number of hydrogen-bond acceptors (Lipinski definition) is 2. The largest absolute Gasteiger partial charge is 0.341 e. The average molecular weight is 238 g/mol. The lowest BCUT2D eigenvalue weighted by atomic mass is 9.80. The third-order valence-electron chi connectivity index (χ3n) is 4.59. The molecule has 2 fully saturated rings. The number of nitrogens with two attached hydrogens (primary N) is 1. The summed E-state index contributed by atoms with van der Waals surface area (Å²) in [5.41, 5.74) is 5.83. The van der Waals surface area contributed by atoms with Crippen LogP contribution in [-0.2, 0) is 4.79 Å². The van der Waals surface area contributed by atoms with Crippen molar-refractivity contribution in [2.45, 2.75) is 57.9 Å². The third-order valence-corrected chi connectivity index (χ3v) is 4.59. The van der Waals surface area contributed by atoms with Gasteiger partial charge in [-0.3, -0.25) is 4.79 Å². The van der Waals surface area contributed by atoms with Crippen molar-refractivity contribution < 1.29 is 4.79 Å². The Morgan fingerprint density at radius 1 is 1.18 bits per heavy atom. The van der Waals surface area contributed by atoms with Gasteiger partial charge in [0.1, 0.15) is 0 Å². The maximum atomic E-state index is 11.9. The van der Waals surface area contributed by atoms with Crippen molar-refractivity contribution in [1.29, 1.82) is 0 Å². The molecule has 2 rings (SSSR count). The van der Waals surface area contributed by atoms with Crippen molar-refractivity contribution in [3.8, 4) is 0 Å². The van der Waals surface area contributed by atoms with E-state index in [1.807, 2.05) is 4.90 Å². The van der Waals surface area contributed by atoms with Crippen molar-refractivity contribution in [2.75, 3.05) is 13.1 Å². The van der Waals surface area contributed by atoms with Crippen LogP contribution in [0.2, 0.25) is 0 Å². The molecule has 0 aromatic rings. The summed E-state index contributed by atoms with van der Waals surface area (Å²) in [6, 6.07) is -0.226. The summed E-state index contributed by atoms with van der Waals surface area (Å²) < 4.78 is 0. The first-order valence-corrected chi connectivity index (χ1v) is 7.25. The quantitative estimate of drug-likeness (QED) is 0.819. The van der Waals surface area contributed by atoms with Gasteiger partial charge in [-0.15, -0.1) is 0 Å². The molecule has 3 nitrogen and oxygen atoms in total. The fraction of sp³-hybridized carbons (Fsp3) is 0.929. The van der Waals surface area contributed by atoms with E-state index in [9.17, 15) is 4.79 Å². The number of rotatable bonds is 3. The molecule has 1 saturated carbocycles. The fourth-order valence-corrected chi connectivity index (χ4v) is 3.29. The monoisotopic (exact) mass is 238 g/mol. The van der Waals surface area contributed by atoms with E-state index in [1.54, 1.807) is 0 Å². The van der Waals surface area contributed by atoms with Crippen LogP contribution in [0, 0.1) is 11.8 Å². The van der Waals surface area contributed by atoms with Gasteiger partial charge in [-0.05, 0) is 37.5 Å². The van der Waals surface area contributed by atoms with Crippen LogP contribution in [0.4, 0.5) is 0 Å². The van der Waals surface area contributed by atoms with E-state index in [4.69, 9.17) is 5.73 Å². The fourth-order valence-electron chi connectivity index (χ4n) is 3.29. The number of piperidine rings is 1. The molecule has 1 atom stereocenters. The molecule has 2 aliphatic rings. The molecule has 1 aliphatic heterocycles.